The van der Waals surface area contributed by atoms with Crippen LogP contribution in [0.15, 0.2) is 48.5 Å². The van der Waals surface area contributed by atoms with Gasteiger partial charge in [0, 0.05) is 28.1 Å². The van der Waals surface area contributed by atoms with E-state index in [4.69, 9.17) is 14.2 Å². The van der Waals surface area contributed by atoms with Gasteiger partial charge in [-0.25, -0.2) is 9.37 Å². The van der Waals surface area contributed by atoms with Crippen molar-refractivity contribution in [2.24, 2.45) is 0 Å². The Morgan fingerprint density at radius 1 is 1.12 bits per heavy atom. The van der Waals surface area contributed by atoms with Gasteiger partial charge >= 0.3 is 6.18 Å². The minimum absolute atomic E-state index is 0.0153. The molecule has 15 heteroatoms. The summed E-state index contributed by atoms with van der Waals surface area (Å²) in [6, 6.07) is 9.91. The summed E-state index contributed by atoms with van der Waals surface area (Å²) in [5.41, 5.74) is -5.73. The Hall–Kier alpha value is -3.63. The minimum atomic E-state index is -5.35. The van der Waals surface area contributed by atoms with Crippen molar-refractivity contribution < 1.29 is 51.3 Å². The Kier molecular flexibility index (Phi) is 9.92. The number of hydrogen-bond donors (Lipinski definition) is 4. The fourth-order valence-electron chi connectivity index (χ4n) is 4.87. The number of aliphatic hydroxyl groups excluding tert-OH is 1. The van der Waals surface area contributed by atoms with E-state index < -0.39 is 57.4 Å². The second-order valence-corrected chi connectivity index (χ2v) is 14.9. The highest BCUT2D eigenvalue weighted by Crippen LogP contribution is 2.47. The number of aliphatic hydroxyl groups is 2. The Bertz CT molecular complexity index is 1650. The number of amides is 1. The number of carbonyl (C=O) groups excluding carboxylic acids is 1. The lowest BCUT2D eigenvalue weighted by molar-refractivity contribution is -0.265. The summed E-state index contributed by atoms with van der Waals surface area (Å²) < 4.78 is 90.9. The molecule has 1 aliphatic carbocycles. The molecule has 2 heterocycles. The van der Waals surface area contributed by atoms with Crippen molar-refractivity contribution in [3.63, 3.8) is 0 Å². The molecule has 0 saturated heterocycles. The van der Waals surface area contributed by atoms with Gasteiger partial charge in [-0.05, 0) is 89.1 Å². The zero-order valence-corrected chi connectivity index (χ0v) is 27.6. The minimum Gasteiger partial charge on any atom is -0.598 e. The normalized spacial score (nSPS) is 19.6. The van der Waals surface area contributed by atoms with Gasteiger partial charge in [-0.1, -0.05) is 0 Å². The number of hydrogen-bond acceptors (Lipinski definition) is 9. The summed E-state index contributed by atoms with van der Waals surface area (Å²) in [4.78, 5) is 17.4. The molecule has 10 nitrogen and oxygen atoms in total. The van der Waals surface area contributed by atoms with Gasteiger partial charge in [0.15, 0.2) is 17.2 Å². The number of carbonyl (C=O) groups is 1. The Morgan fingerprint density at radius 3 is 2.42 bits per heavy atom. The summed E-state index contributed by atoms with van der Waals surface area (Å²) in [5, 5.41) is 22.8. The third kappa shape index (κ3) is 7.49. The molecule has 5 rings (SSSR count). The summed E-state index contributed by atoms with van der Waals surface area (Å²) in [6.07, 6.45) is -3.69. The lowest BCUT2D eigenvalue weighted by Crippen LogP contribution is -2.52. The molecule has 0 bridgehead atoms. The Morgan fingerprint density at radius 2 is 1.81 bits per heavy atom. The fourth-order valence-corrected chi connectivity index (χ4v) is 5.75. The maximum atomic E-state index is 14.9. The molecule has 3 atom stereocenters. The zero-order valence-electron chi connectivity index (χ0n) is 26.7. The van der Waals surface area contributed by atoms with Crippen LogP contribution >= 0.6 is 0 Å². The van der Waals surface area contributed by atoms with Crippen LogP contribution in [-0.4, -0.2) is 69.0 Å². The van der Waals surface area contributed by atoms with Gasteiger partial charge in [-0.3, -0.25) is 4.79 Å². The SMILES string of the molecule is CC1(N[S+]([O-])C(C)(C)C)COc2c1cc(C(O)(CNC(=O)c1ccc(OC3CC3)c(OCCO)c1)C(F)(F)F)nc2-c1ccc(F)cc1. The Balaban J connectivity index is 1.53. The number of alkyl halides is 3. The van der Waals surface area contributed by atoms with Crippen LogP contribution in [0, 0.1) is 5.82 Å². The number of nitrogens with one attached hydrogen (secondary N) is 2. The van der Waals surface area contributed by atoms with Crippen molar-refractivity contribution in [3.8, 4) is 28.5 Å². The van der Waals surface area contributed by atoms with Crippen LogP contribution in [-0.2, 0) is 22.5 Å². The summed E-state index contributed by atoms with van der Waals surface area (Å²) >= 11 is -1.68. The predicted octanol–water partition coefficient (Wildman–Crippen LogP) is 4.64. The smallest absolute Gasteiger partial charge is 0.424 e. The molecule has 260 valence electrons. The van der Waals surface area contributed by atoms with E-state index in [1.807, 2.05) is 0 Å². The number of fused-ring (bicyclic) bond motifs is 1. The number of nitrogens with zero attached hydrogens (tertiary/aromatic N) is 1. The van der Waals surface area contributed by atoms with E-state index in [1.54, 1.807) is 27.7 Å². The fraction of sp³-hybridized carbons (Fsp3) is 0.455. The second kappa shape index (κ2) is 13.3. The molecular weight excluding hydrogens is 658 g/mol. The standard InChI is InChI=1S/C33H37F4N3O7S/c1-30(2,3)48(44)40-31(4)18-46-28-23(31)16-26(39-27(28)19-5-8-21(34)9-6-19)32(43,33(35,36)37)17-38-29(42)20-7-12-24(47-22-10-11-22)25(15-20)45-14-13-41/h5-9,12,15-16,22,40-41,43H,10-11,13-14,17-18H2,1-4H3,(H,38,42). The van der Waals surface area contributed by atoms with Gasteiger partial charge in [-0.2, -0.15) is 13.2 Å². The van der Waals surface area contributed by atoms with Crippen molar-refractivity contribution in [2.45, 2.75) is 68.7 Å². The number of rotatable bonds is 12. The molecule has 0 spiro atoms. The molecule has 48 heavy (non-hydrogen) atoms. The van der Waals surface area contributed by atoms with Crippen molar-refractivity contribution >= 4 is 17.3 Å². The highest BCUT2D eigenvalue weighted by molar-refractivity contribution is 7.90. The molecule has 2 aromatic carbocycles. The summed E-state index contributed by atoms with van der Waals surface area (Å²) in [7, 11) is 0. The maximum Gasteiger partial charge on any atom is 0.424 e. The first-order chi connectivity index (χ1) is 22.4. The van der Waals surface area contributed by atoms with Crippen molar-refractivity contribution in [3.05, 3.63) is 71.2 Å². The van der Waals surface area contributed by atoms with E-state index in [9.17, 15) is 37.1 Å². The number of ether oxygens (including phenoxy) is 3. The first-order valence-electron chi connectivity index (χ1n) is 15.2. The molecule has 0 radical (unpaired) electrons. The number of aromatic nitrogens is 1. The molecule has 3 unspecified atom stereocenters. The maximum absolute atomic E-state index is 14.9. The predicted molar refractivity (Wildman–Crippen MR) is 168 cm³/mol. The third-order valence-electron chi connectivity index (χ3n) is 7.83. The van der Waals surface area contributed by atoms with Crippen LogP contribution in [0.2, 0.25) is 0 Å². The molecule has 3 aromatic rings. The highest BCUT2D eigenvalue weighted by Gasteiger charge is 2.57. The lowest BCUT2D eigenvalue weighted by Gasteiger charge is -2.33. The van der Waals surface area contributed by atoms with Crippen LogP contribution in [0.3, 0.4) is 0 Å². The number of benzene rings is 2. The second-order valence-electron chi connectivity index (χ2n) is 12.9. The van der Waals surface area contributed by atoms with Gasteiger partial charge < -0.3 is 34.3 Å². The van der Waals surface area contributed by atoms with E-state index in [0.717, 1.165) is 31.0 Å². The number of pyridine rings is 1. The lowest BCUT2D eigenvalue weighted by atomic mass is 9.89. The van der Waals surface area contributed by atoms with Gasteiger partial charge in [0.25, 0.3) is 5.91 Å². The molecule has 1 aromatic heterocycles. The summed E-state index contributed by atoms with van der Waals surface area (Å²) in [6.45, 7) is 4.86. The average molecular weight is 696 g/mol. The monoisotopic (exact) mass is 695 g/mol. The Labute approximate surface area is 278 Å². The van der Waals surface area contributed by atoms with Crippen LogP contribution in [0.25, 0.3) is 11.3 Å². The van der Waals surface area contributed by atoms with E-state index in [-0.39, 0.29) is 59.8 Å². The van der Waals surface area contributed by atoms with E-state index in [2.05, 4.69) is 15.0 Å². The quantitative estimate of drug-likeness (QED) is 0.157. The van der Waals surface area contributed by atoms with Crippen LogP contribution in [0.5, 0.6) is 17.2 Å². The third-order valence-corrected chi connectivity index (χ3v) is 9.58. The van der Waals surface area contributed by atoms with Gasteiger partial charge in [0.05, 0.1) is 24.9 Å². The van der Waals surface area contributed by atoms with Crippen LogP contribution < -0.4 is 24.2 Å². The van der Waals surface area contributed by atoms with Crippen molar-refractivity contribution in [2.75, 3.05) is 26.4 Å². The van der Waals surface area contributed by atoms with E-state index in [1.165, 1.54) is 30.3 Å². The zero-order chi connectivity index (χ0) is 35.1. The van der Waals surface area contributed by atoms with Crippen LogP contribution in [0.4, 0.5) is 17.6 Å². The van der Waals surface area contributed by atoms with Gasteiger partial charge in [0.1, 0.15) is 35.0 Å². The van der Waals surface area contributed by atoms with Crippen molar-refractivity contribution in [1.29, 1.82) is 0 Å². The van der Waals surface area contributed by atoms with E-state index in [0.29, 0.717) is 5.75 Å². The highest BCUT2D eigenvalue weighted by atomic mass is 32.2. The van der Waals surface area contributed by atoms with Gasteiger partial charge in [0.2, 0.25) is 5.60 Å². The topological polar surface area (TPSA) is 145 Å². The average Bonchev–Trinajstić information content (AvgIpc) is 3.78. The summed E-state index contributed by atoms with van der Waals surface area (Å²) in [5.74, 6) is -1.04. The van der Waals surface area contributed by atoms with Crippen molar-refractivity contribution in [1.82, 2.24) is 15.0 Å². The largest absolute Gasteiger partial charge is 0.598 e. The molecular formula is C33H37F4N3O7S. The number of halogens is 4. The van der Waals surface area contributed by atoms with E-state index >= 15 is 0 Å². The van der Waals surface area contributed by atoms with Crippen LogP contribution in [0.1, 0.15) is 62.2 Å². The first-order valence-corrected chi connectivity index (χ1v) is 16.4. The van der Waals surface area contributed by atoms with Gasteiger partial charge in [-0.15, -0.1) is 4.72 Å². The molecule has 1 amide bonds. The molecule has 1 aliphatic heterocycles. The molecule has 1 fully saturated rings. The molecule has 2 aliphatic rings. The molecule has 1 saturated carbocycles. The molecule has 4 N–H and O–H groups in total. The first kappa shape index (κ1) is 35.7.